The monoisotopic (exact) mass is 536 g/mol. The largest absolute Gasteiger partial charge is 0.494 e. The number of alkyl halides is 1. The van der Waals surface area contributed by atoms with E-state index in [4.69, 9.17) is 25.8 Å². The summed E-state index contributed by atoms with van der Waals surface area (Å²) in [6.45, 7) is 3.05. The molecule has 0 amide bonds. The van der Waals surface area contributed by atoms with E-state index in [1.807, 2.05) is 0 Å². The van der Waals surface area contributed by atoms with Crippen LogP contribution in [0, 0.1) is 0 Å². The molecule has 3 rings (SSSR count). The molecule has 3 aromatic carbocycles. The molecular formula is C30H33ClN2O5. The van der Waals surface area contributed by atoms with Crippen molar-refractivity contribution in [2.24, 2.45) is 10.2 Å². The summed E-state index contributed by atoms with van der Waals surface area (Å²) in [5.41, 5.74) is 2.02. The molecule has 0 unspecified atom stereocenters. The minimum Gasteiger partial charge on any atom is -0.494 e. The number of unbranched alkanes of at least 4 members (excludes halogenated alkanes) is 5. The maximum Gasteiger partial charge on any atom is 0.343 e. The van der Waals surface area contributed by atoms with Crippen molar-refractivity contribution in [1.82, 2.24) is 0 Å². The van der Waals surface area contributed by atoms with Crippen LogP contribution in [0.1, 0.15) is 66.2 Å². The van der Waals surface area contributed by atoms with Crippen LogP contribution < -0.4 is 9.47 Å². The van der Waals surface area contributed by atoms with Crippen molar-refractivity contribution in [3.63, 3.8) is 0 Å². The zero-order valence-corrected chi connectivity index (χ0v) is 22.4. The summed E-state index contributed by atoms with van der Waals surface area (Å²) in [6.07, 6.45) is 7.27. The van der Waals surface area contributed by atoms with Gasteiger partial charge in [-0.05, 0) is 79.2 Å². The van der Waals surface area contributed by atoms with Crippen LogP contribution in [0.15, 0.2) is 83.0 Å². The van der Waals surface area contributed by atoms with Crippen LogP contribution in [0.5, 0.6) is 11.5 Å². The van der Waals surface area contributed by atoms with Gasteiger partial charge < -0.3 is 14.2 Å². The number of hydrogen-bond donors (Lipinski definition) is 0. The molecule has 3 aromatic rings. The Morgan fingerprint density at radius 3 is 1.82 bits per heavy atom. The number of hydrogen-bond acceptors (Lipinski definition) is 7. The van der Waals surface area contributed by atoms with Crippen molar-refractivity contribution in [2.45, 2.75) is 45.4 Å². The molecule has 0 radical (unpaired) electrons. The van der Waals surface area contributed by atoms with Crippen LogP contribution in [0.3, 0.4) is 0 Å². The number of halogens is 1. The van der Waals surface area contributed by atoms with Crippen LogP contribution >= 0.6 is 11.6 Å². The SMILES string of the molecule is CCCCCCCCOc1ccc(C(=O)Oc2ccc(N=Nc3ccc(C(=O)OCCCl)cc3)cc2)cc1. The van der Waals surface area contributed by atoms with Gasteiger partial charge in [0, 0.05) is 0 Å². The zero-order chi connectivity index (χ0) is 27.0. The molecule has 0 aliphatic carbocycles. The fraction of sp³-hybridized carbons (Fsp3) is 0.333. The Morgan fingerprint density at radius 1 is 0.658 bits per heavy atom. The van der Waals surface area contributed by atoms with Crippen LogP contribution in [0.4, 0.5) is 11.4 Å². The highest BCUT2D eigenvalue weighted by atomic mass is 35.5. The zero-order valence-electron chi connectivity index (χ0n) is 21.6. The number of carbonyl (C=O) groups excluding carboxylic acids is 2. The summed E-state index contributed by atoms with van der Waals surface area (Å²) in [5, 5.41) is 8.34. The lowest BCUT2D eigenvalue weighted by Gasteiger charge is -2.08. The van der Waals surface area contributed by atoms with Crippen molar-refractivity contribution in [2.75, 3.05) is 19.1 Å². The van der Waals surface area contributed by atoms with Crippen molar-refractivity contribution >= 4 is 34.9 Å². The highest BCUT2D eigenvalue weighted by Crippen LogP contribution is 2.23. The normalized spacial score (nSPS) is 10.9. The number of benzene rings is 3. The van der Waals surface area contributed by atoms with Crippen LogP contribution in [0.25, 0.3) is 0 Å². The van der Waals surface area contributed by atoms with E-state index in [-0.39, 0.29) is 12.5 Å². The van der Waals surface area contributed by atoms with Gasteiger partial charge >= 0.3 is 11.9 Å². The number of rotatable bonds is 15. The van der Waals surface area contributed by atoms with Gasteiger partial charge in [-0.25, -0.2) is 9.59 Å². The summed E-state index contributed by atoms with van der Waals surface area (Å²) in [7, 11) is 0. The first kappa shape index (κ1) is 28.9. The van der Waals surface area contributed by atoms with Gasteiger partial charge in [-0.2, -0.15) is 10.2 Å². The molecule has 0 saturated carbocycles. The van der Waals surface area contributed by atoms with Crippen molar-refractivity contribution < 1.29 is 23.8 Å². The standard InChI is InChI=1S/C30H33ClN2O5/c1-2-3-4-5-6-7-21-36-27-16-10-24(11-17-27)30(35)38-28-18-14-26(15-19-28)33-32-25-12-8-23(9-13-25)29(34)37-22-20-31/h8-19H,2-7,20-22H2,1H3. The van der Waals surface area contributed by atoms with E-state index in [0.717, 1.165) is 12.2 Å². The smallest absolute Gasteiger partial charge is 0.343 e. The molecule has 0 heterocycles. The van der Waals surface area contributed by atoms with Gasteiger partial charge in [-0.15, -0.1) is 11.6 Å². The van der Waals surface area contributed by atoms with E-state index in [1.54, 1.807) is 72.8 Å². The highest BCUT2D eigenvalue weighted by molar-refractivity contribution is 6.18. The lowest BCUT2D eigenvalue weighted by Crippen LogP contribution is -2.08. The fourth-order valence-corrected chi connectivity index (χ4v) is 3.58. The van der Waals surface area contributed by atoms with E-state index >= 15 is 0 Å². The molecule has 0 N–H and O–H groups in total. The predicted molar refractivity (Wildman–Crippen MR) is 148 cm³/mol. The van der Waals surface area contributed by atoms with E-state index < -0.39 is 11.9 Å². The van der Waals surface area contributed by atoms with Gasteiger partial charge in [0.05, 0.1) is 35.0 Å². The third-order valence-electron chi connectivity index (χ3n) is 5.60. The summed E-state index contributed by atoms with van der Waals surface area (Å²) in [5.74, 6) is 0.499. The maximum absolute atomic E-state index is 12.5. The molecule has 0 fully saturated rings. The molecule has 38 heavy (non-hydrogen) atoms. The predicted octanol–water partition coefficient (Wildman–Crippen LogP) is 8.46. The average molecular weight is 537 g/mol. The molecule has 0 saturated heterocycles. The van der Waals surface area contributed by atoms with Crippen LogP contribution in [-0.4, -0.2) is 31.0 Å². The second-order valence-electron chi connectivity index (χ2n) is 8.60. The van der Waals surface area contributed by atoms with Gasteiger partial charge in [-0.1, -0.05) is 39.0 Å². The summed E-state index contributed by atoms with van der Waals surface area (Å²) < 4.78 is 16.2. The average Bonchev–Trinajstić information content (AvgIpc) is 2.95. The van der Waals surface area contributed by atoms with E-state index in [9.17, 15) is 9.59 Å². The van der Waals surface area contributed by atoms with E-state index in [2.05, 4.69) is 17.2 Å². The Hall–Kier alpha value is -3.71. The first-order chi connectivity index (χ1) is 18.6. The Bertz CT molecular complexity index is 1160. The summed E-state index contributed by atoms with van der Waals surface area (Å²) in [6, 6.07) is 20.2. The molecule has 200 valence electrons. The first-order valence-corrected chi connectivity index (χ1v) is 13.4. The quantitative estimate of drug-likeness (QED) is 0.0639. The topological polar surface area (TPSA) is 86.5 Å². The molecule has 0 aliphatic rings. The highest BCUT2D eigenvalue weighted by Gasteiger charge is 2.09. The molecular weight excluding hydrogens is 504 g/mol. The van der Waals surface area contributed by atoms with Crippen LogP contribution in [0.2, 0.25) is 0 Å². The van der Waals surface area contributed by atoms with Crippen LogP contribution in [-0.2, 0) is 4.74 Å². The summed E-state index contributed by atoms with van der Waals surface area (Å²) in [4.78, 5) is 24.3. The third-order valence-corrected chi connectivity index (χ3v) is 5.75. The van der Waals surface area contributed by atoms with Gasteiger partial charge in [0.15, 0.2) is 0 Å². The maximum atomic E-state index is 12.5. The molecule has 0 atom stereocenters. The molecule has 0 spiro atoms. The van der Waals surface area contributed by atoms with Crippen molar-refractivity contribution in [1.29, 1.82) is 0 Å². The minimum atomic E-state index is -0.452. The third kappa shape index (κ3) is 9.98. The Kier molecular flexibility index (Phi) is 12.3. The Labute approximate surface area is 228 Å². The van der Waals surface area contributed by atoms with Gasteiger partial charge in [0.1, 0.15) is 18.1 Å². The van der Waals surface area contributed by atoms with Gasteiger partial charge in [0.2, 0.25) is 0 Å². The Morgan fingerprint density at radius 2 is 1.18 bits per heavy atom. The number of carbonyl (C=O) groups is 2. The Balaban J connectivity index is 1.44. The minimum absolute atomic E-state index is 0.160. The first-order valence-electron chi connectivity index (χ1n) is 12.9. The molecule has 7 nitrogen and oxygen atoms in total. The number of azo groups is 1. The second kappa shape index (κ2) is 16.2. The van der Waals surface area contributed by atoms with Crippen molar-refractivity contribution in [3.05, 3.63) is 83.9 Å². The van der Waals surface area contributed by atoms with Gasteiger partial charge in [-0.3, -0.25) is 0 Å². The van der Waals surface area contributed by atoms with Crippen molar-refractivity contribution in [3.8, 4) is 11.5 Å². The van der Waals surface area contributed by atoms with Gasteiger partial charge in [0.25, 0.3) is 0 Å². The number of nitrogens with zero attached hydrogens (tertiary/aromatic N) is 2. The second-order valence-corrected chi connectivity index (χ2v) is 8.97. The molecule has 8 heteroatoms. The molecule has 0 bridgehead atoms. The van der Waals surface area contributed by atoms with E-state index in [0.29, 0.717) is 34.9 Å². The number of ether oxygens (including phenoxy) is 3. The summed E-state index contributed by atoms with van der Waals surface area (Å²) >= 11 is 5.52. The molecule has 0 aromatic heterocycles. The fourth-order valence-electron chi connectivity index (χ4n) is 3.50. The molecule has 0 aliphatic heterocycles. The number of esters is 2. The van der Waals surface area contributed by atoms with E-state index in [1.165, 1.54) is 32.1 Å². The lowest BCUT2D eigenvalue weighted by molar-refractivity contribution is 0.0528. The lowest BCUT2D eigenvalue weighted by atomic mass is 10.1.